The van der Waals surface area contributed by atoms with Crippen LogP contribution in [0.15, 0.2) is 62.3 Å². The molecule has 34 heavy (non-hydrogen) atoms. The summed E-state index contributed by atoms with van der Waals surface area (Å²) in [4.78, 5) is 27.4. The topological polar surface area (TPSA) is 95.9 Å². The van der Waals surface area contributed by atoms with E-state index in [-0.39, 0.29) is 28.4 Å². The molecule has 7 nitrogen and oxygen atoms in total. The minimum absolute atomic E-state index is 0.0253. The fourth-order valence-electron chi connectivity index (χ4n) is 4.03. The first-order valence-corrected chi connectivity index (χ1v) is 14.0. The lowest BCUT2D eigenvalue weighted by Crippen LogP contribution is -2.42. The van der Waals surface area contributed by atoms with Crippen LogP contribution in [-0.4, -0.2) is 41.6 Å². The molecule has 1 aliphatic heterocycles. The standard InChI is InChI=1S/C23H23BrFN3O4S2/c24-15-6-12-19(13-7-15)34(31,32)27-23-28(18-4-2-1-3-5-18)22(30)20(33-23)14-21(29)26-17-10-8-16(25)9-11-17/h6-13,18,20H,1-5,14H2,(H,26,29)/b27-23+. The van der Waals surface area contributed by atoms with E-state index in [0.29, 0.717) is 5.69 Å². The number of sulfonamides is 1. The van der Waals surface area contributed by atoms with Crippen molar-refractivity contribution in [1.82, 2.24) is 4.90 Å². The summed E-state index contributed by atoms with van der Waals surface area (Å²) in [5.74, 6) is -1.15. The lowest BCUT2D eigenvalue weighted by molar-refractivity contribution is -0.130. The van der Waals surface area contributed by atoms with Crippen molar-refractivity contribution in [2.24, 2.45) is 4.40 Å². The van der Waals surface area contributed by atoms with Crippen LogP contribution in [0.4, 0.5) is 10.1 Å². The molecule has 180 valence electrons. The zero-order chi connectivity index (χ0) is 24.3. The van der Waals surface area contributed by atoms with Gasteiger partial charge in [-0.15, -0.1) is 4.40 Å². The van der Waals surface area contributed by atoms with Gasteiger partial charge in [-0.3, -0.25) is 14.5 Å². The van der Waals surface area contributed by atoms with E-state index in [1.807, 2.05) is 0 Å². The van der Waals surface area contributed by atoms with E-state index >= 15 is 0 Å². The minimum Gasteiger partial charge on any atom is -0.326 e. The molecule has 0 spiro atoms. The third kappa shape index (κ3) is 5.87. The summed E-state index contributed by atoms with van der Waals surface area (Å²) in [5, 5.41) is 1.97. The third-order valence-electron chi connectivity index (χ3n) is 5.72. The van der Waals surface area contributed by atoms with Crippen molar-refractivity contribution >= 4 is 60.4 Å². The quantitative estimate of drug-likeness (QED) is 0.533. The van der Waals surface area contributed by atoms with Crippen molar-refractivity contribution in [2.75, 3.05) is 5.32 Å². The predicted molar refractivity (Wildman–Crippen MR) is 134 cm³/mol. The molecule has 1 aliphatic carbocycles. The first-order chi connectivity index (χ1) is 16.2. The molecule has 2 aliphatic rings. The SMILES string of the molecule is O=C(CC1S/C(=N/S(=O)(=O)c2ccc(Br)cc2)N(C2CCCCC2)C1=O)Nc1ccc(F)cc1. The Bertz CT molecular complexity index is 1200. The first-order valence-electron chi connectivity index (χ1n) is 10.9. The van der Waals surface area contributed by atoms with Crippen LogP contribution in [0.1, 0.15) is 38.5 Å². The first kappa shape index (κ1) is 24.9. The number of amidine groups is 1. The number of benzene rings is 2. The van der Waals surface area contributed by atoms with Crippen LogP contribution < -0.4 is 5.32 Å². The van der Waals surface area contributed by atoms with E-state index in [0.717, 1.165) is 48.3 Å². The number of anilines is 1. The monoisotopic (exact) mass is 567 g/mol. The molecule has 1 atom stereocenters. The maximum atomic E-state index is 13.3. The molecule has 2 amide bonds. The molecule has 0 aromatic heterocycles. The number of halogens is 2. The Kier molecular flexibility index (Phi) is 7.73. The highest BCUT2D eigenvalue weighted by molar-refractivity contribution is 9.10. The molecule has 0 radical (unpaired) electrons. The van der Waals surface area contributed by atoms with Gasteiger partial charge in [0.2, 0.25) is 11.8 Å². The number of nitrogens with zero attached hydrogens (tertiary/aromatic N) is 2. The number of nitrogens with one attached hydrogen (secondary N) is 1. The van der Waals surface area contributed by atoms with Crippen LogP contribution in [0, 0.1) is 5.82 Å². The summed E-state index contributed by atoms with van der Waals surface area (Å²) < 4.78 is 43.8. The lowest BCUT2D eigenvalue weighted by atomic mass is 9.94. The van der Waals surface area contributed by atoms with Crippen molar-refractivity contribution in [3.63, 3.8) is 0 Å². The van der Waals surface area contributed by atoms with Gasteiger partial charge in [-0.2, -0.15) is 8.42 Å². The fraction of sp³-hybridized carbons (Fsp3) is 0.348. The molecule has 2 fully saturated rings. The van der Waals surface area contributed by atoms with E-state index in [1.54, 1.807) is 12.1 Å². The number of thioether (sulfide) groups is 1. The number of amides is 2. The van der Waals surface area contributed by atoms with Crippen molar-refractivity contribution in [3.8, 4) is 0 Å². The average molecular weight is 568 g/mol. The van der Waals surface area contributed by atoms with Gasteiger partial charge in [-0.25, -0.2) is 4.39 Å². The van der Waals surface area contributed by atoms with Crippen LogP contribution in [0.25, 0.3) is 0 Å². The van der Waals surface area contributed by atoms with Gasteiger partial charge in [0.15, 0.2) is 5.17 Å². The molecule has 2 aromatic rings. The van der Waals surface area contributed by atoms with Gasteiger partial charge in [-0.05, 0) is 61.4 Å². The van der Waals surface area contributed by atoms with E-state index in [9.17, 15) is 22.4 Å². The zero-order valence-electron chi connectivity index (χ0n) is 18.1. The second-order valence-electron chi connectivity index (χ2n) is 8.17. The molecule has 11 heteroatoms. The molecule has 1 saturated heterocycles. The van der Waals surface area contributed by atoms with Crippen LogP contribution in [0.2, 0.25) is 0 Å². The summed E-state index contributed by atoms with van der Waals surface area (Å²) in [6.07, 6.45) is 4.33. The highest BCUT2D eigenvalue weighted by Crippen LogP contribution is 2.36. The van der Waals surface area contributed by atoms with Crippen LogP contribution in [0.3, 0.4) is 0 Å². The van der Waals surface area contributed by atoms with E-state index in [1.165, 1.54) is 41.3 Å². The summed E-state index contributed by atoms with van der Waals surface area (Å²) in [5.41, 5.74) is 0.415. The second-order valence-corrected chi connectivity index (χ2v) is 11.9. The highest BCUT2D eigenvalue weighted by atomic mass is 79.9. The van der Waals surface area contributed by atoms with E-state index in [4.69, 9.17) is 0 Å². The van der Waals surface area contributed by atoms with Crippen LogP contribution >= 0.6 is 27.7 Å². The van der Waals surface area contributed by atoms with Crippen molar-refractivity contribution in [1.29, 1.82) is 0 Å². The molecular formula is C23H23BrFN3O4S2. The Morgan fingerprint density at radius 3 is 2.38 bits per heavy atom. The molecule has 1 heterocycles. The van der Waals surface area contributed by atoms with Gasteiger partial charge in [0.25, 0.3) is 10.0 Å². The Morgan fingerprint density at radius 2 is 1.74 bits per heavy atom. The maximum absolute atomic E-state index is 13.3. The third-order valence-corrected chi connectivity index (χ3v) is 8.79. The number of rotatable bonds is 6. The molecule has 1 unspecified atom stereocenters. The lowest BCUT2D eigenvalue weighted by Gasteiger charge is -2.30. The maximum Gasteiger partial charge on any atom is 0.284 e. The van der Waals surface area contributed by atoms with Crippen molar-refractivity contribution in [3.05, 3.63) is 58.8 Å². The van der Waals surface area contributed by atoms with E-state index < -0.39 is 27.0 Å². The largest absolute Gasteiger partial charge is 0.326 e. The molecule has 4 rings (SSSR count). The number of carbonyl (C=O) groups is 2. The molecule has 1 N–H and O–H groups in total. The average Bonchev–Trinajstić information content (AvgIpc) is 3.10. The molecule has 2 aromatic carbocycles. The van der Waals surface area contributed by atoms with Gasteiger partial charge in [0.1, 0.15) is 11.1 Å². The van der Waals surface area contributed by atoms with E-state index in [2.05, 4.69) is 25.6 Å². The number of carbonyl (C=O) groups excluding carboxylic acids is 2. The van der Waals surface area contributed by atoms with Gasteiger partial charge in [0, 0.05) is 22.6 Å². The smallest absolute Gasteiger partial charge is 0.284 e. The Hall–Kier alpha value is -2.24. The molecule has 1 saturated carbocycles. The summed E-state index contributed by atoms with van der Waals surface area (Å²) in [6, 6.07) is 11.3. The molecular weight excluding hydrogens is 545 g/mol. The molecule has 0 bridgehead atoms. The predicted octanol–water partition coefficient (Wildman–Crippen LogP) is 4.94. The van der Waals surface area contributed by atoms with Gasteiger partial charge in [0.05, 0.1) is 4.90 Å². The van der Waals surface area contributed by atoms with Gasteiger partial charge < -0.3 is 5.32 Å². The Morgan fingerprint density at radius 1 is 1.09 bits per heavy atom. The fourth-order valence-corrected chi connectivity index (χ4v) is 6.70. The van der Waals surface area contributed by atoms with Crippen molar-refractivity contribution < 1.29 is 22.4 Å². The Labute approximate surface area is 210 Å². The Balaban J connectivity index is 1.57. The van der Waals surface area contributed by atoms with Crippen LogP contribution in [-0.2, 0) is 19.6 Å². The van der Waals surface area contributed by atoms with Gasteiger partial charge >= 0.3 is 0 Å². The number of hydrogen-bond donors (Lipinski definition) is 1. The minimum atomic E-state index is -4.04. The normalized spacial score (nSPS) is 20.6. The van der Waals surface area contributed by atoms with Crippen molar-refractivity contribution in [2.45, 2.75) is 54.7 Å². The zero-order valence-corrected chi connectivity index (χ0v) is 21.3. The van der Waals surface area contributed by atoms with Gasteiger partial charge in [-0.1, -0.05) is 47.0 Å². The summed E-state index contributed by atoms with van der Waals surface area (Å²) in [6.45, 7) is 0. The number of hydrogen-bond acceptors (Lipinski definition) is 5. The summed E-state index contributed by atoms with van der Waals surface area (Å²) in [7, 11) is -4.04. The second kappa shape index (κ2) is 10.6. The summed E-state index contributed by atoms with van der Waals surface area (Å²) >= 11 is 4.29. The van der Waals surface area contributed by atoms with Crippen LogP contribution in [0.5, 0.6) is 0 Å². The highest BCUT2D eigenvalue weighted by Gasteiger charge is 2.43.